The zero-order valence-electron chi connectivity index (χ0n) is 13.0. The molecule has 1 atom stereocenters. The maximum atomic E-state index is 12.7. The Morgan fingerprint density at radius 2 is 2.08 bits per heavy atom. The number of benzene rings is 1. The molecule has 0 saturated carbocycles. The Morgan fingerprint density at radius 3 is 2.75 bits per heavy atom. The van der Waals surface area contributed by atoms with E-state index >= 15 is 0 Å². The number of hydrogen-bond acceptors (Lipinski definition) is 3. The van der Waals surface area contributed by atoms with Crippen LogP contribution in [0.5, 0.6) is 0 Å². The van der Waals surface area contributed by atoms with E-state index < -0.39 is 23.8 Å². The molecule has 0 bridgehead atoms. The summed E-state index contributed by atoms with van der Waals surface area (Å²) in [6, 6.07) is 5.97. The first-order valence-electron chi connectivity index (χ1n) is 7.39. The van der Waals surface area contributed by atoms with Gasteiger partial charge in [0.25, 0.3) is 5.91 Å². The fourth-order valence-electron chi connectivity index (χ4n) is 2.26. The fraction of sp³-hybridized carbons (Fsp3) is 0.294. The van der Waals surface area contributed by atoms with Crippen molar-refractivity contribution in [1.29, 1.82) is 0 Å². The molecule has 2 N–H and O–H groups in total. The summed E-state index contributed by atoms with van der Waals surface area (Å²) in [4.78, 5) is 16.1. The van der Waals surface area contributed by atoms with Gasteiger partial charge in [0.1, 0.15) is 0 Å². The highest BCUT2D eigenvalue weighted by molar-refractivity contribution is 5.95. The van der Waals surface area contributed by atoms with E-state index in [0.29, 0.717) is 12.0 Å². The van der Waals surface area contributed by atoms with Crippen LogP contribution >= 0.6 is 0 Å². The van der Waals surface area contributed by atoms with Crippen LogP contribution < -0.4 is 5.32 Å². The van der Waals surface area contributed by atoms with Gasteiger partial charge in [-0.2, -0.15) is 13.2 Å². The third kappa shape index (κ3) is 4.32. The Hall–Kier alpha value is -2.41. The largest absolute Gasteiger partial charge is 0.416 e. The van der Waals surface area contributed by atoms with Gasteiger partial charge in [-0.05, 0) is 35.7 Å². The minimum atomic E-state index is -4.48. The summed E-state index contributed by atoms with van der Waals surface area (Å²) in [6.45, 7) is 1.69. The van der Waals surface area contributed by atoms with Crippen molar-refractivity contribution in [2.75, 3.05) is 6.54 Å². The number of rotatable bonds is 5. The maximum Gasteiger partial charge on any atom is 0.416 e. The molecular formula is C17H17F3N2O2. The van der Waals surface area contributed by atoms with Crippen LogP contribution in [-0.2, 0) is 12.6 Å². The summed E-state index contributed by atoms with van der Waals surface area (Å²) in [5.41, 5.74) is 0.440. The summed E-state index contributed by atoms with van der Waals surface area (Å²) in [6.07, 6.45) is -2.03. The molecule has 0 aliphatic rings. The minimum absolute atomic E-state index is 0.0931. The Labute approximate surface area is 137 Å². The summed E-state index contributed by atoms with van der Waals surface area (Å²) < 4.78 is 38.1. The molecule has 0 saturated heterocycles. The van der Waals surface area contributed by atoms with E-state index in [0.717, 1.165) is 17.7 Å². The lowest BCUT2D eigenvalue weighted by Gasteiger charge is -2.15. The number of pyridine rings is 1. The highest BCUT2D eigenvalue weighted by Crippen LogP contribution is 2.30. The number of nitrogens with zero attached hydrogens (tertiary/aromatic N) is 1. The molecule has 1 aromatic heterocycles. The quantitative estimate of drug-likeness (QED) is 0.880. The van der Waals surface area contributed by atoms with Crippen molar-refractivity contribution >= 4 is 5.91 Å². The van der Waals surface area contributed by atoms with Crippen molar-refractivity contribution in [2.24, 2.45) is 0 Å². The minimum Gasteiger partial charge on any atom is -0.387 e. The van der Waals surface area contributed by atoms with Gasteiger partial charge in [0.05, 0.1) is 11.7 Å². The van der Waals surface area contributed by atoms with Crippen LogP contribution in [0.15, 0.2) is 42.7 Å². The van der Waals surface area contributed by atoms with Gasteiger partial charge in [0.15, 0.2) is 0 Å². The van der Waals surface area contributed by atoms with Gasteiger partial charge >= 0.3 is 6.18 Å². The molecule has 1 heterocycles. The van der Waals surface area contributed by atoms with Crippen molar-refractivity contribution in [3.8, 4) is 0 Å². The van der Waals surface area contributed by atoms with Gasteiger partial charge in [-0.25, -0.2) is 0 Å². The van der Waals surface area contributed by atoms with Gasteiger partial charge in [-0.1, -0.05) is 19.1 Å². The number of carbonyl (C=O) groups is 1. The van der Waals surface area contributed by atoms with Crippen molar-refractivity contribution in [2.45, 2.75) is 25.6 Å². The lowest BCUT2D eigenvalue weighted by Crippen LogP contribution is -2.29. The predicted molar refractivity (Wildman–Crippen MR) is 82.4 cm³/mol. The van der Waals surface area contributed by atoms with Gasteiger partial charge in [-0.15, -0.1) is 0 Å². The van der Waals surface area contributed by atoms with E-state index in [-0.39, 0.29) is 12.1 Å². The second kappa shape index (κ2) is 7.44. The average molecular weight is 338 g/mol. The number of aryl methyl sites for hydroxylation is 1. The van der Waals surface area contributed by atoms with Crippen molar-refractivity contribution in [1.82, 2.24) is 10.3 Å². The smallest absolute Gasteiger partial charge is 0.387 e. The first-order valence-corrected chi connectivity index (χ1v) is 7.39. The highest BCUT2D eigenvalue weighted by Gasteiger charge is 2.30. The topological polar surface area (TPSA) is 62.2 Å². The zero-order chi connectivity index (χ0) is 17.7. The third-order valence-electron chi connectivity index (χ3n) is 3.58. The lowest BCUT2D eigenvalue weighted by molar-refractivity contribution is -0.137. The Morgan fingerprint density at radius 1 is 1.33 bits per heavy atom. The number of aromatic nitrogens is 1. The number of nitrogens with one attached hydrogen (secondary N) is 1. The number of alkyl halides is 3. The number of hydrogen-bond donors (Lipinski definition) is 2. The van der Waals surface area contributed by atoms with Gasteiger partial charge < -0.3 is 10.4 Å². The van der Waals surface area contributed by atoms with E-state index in [9.17, 15) is 23.1 Å². The van der Waals surface area contributed by atoms with Crippen molar-refractivity contribution in [3.63, 3.8) is 0 Å². The molecule has 0 aliphatic carbocycles. The summed E-state index contributed by atoms with van der Waals surface area (Å²) in [5, 5.41) is 12.6. The Kier molecular flexibility index (Phi) is 5.56. The van der Waals surface area contributed by atoms with Gasteiger partial charge in [0, 0.05) is 24.5 Å². The molecule has 24 heavy (non-hydrogen) atoms. The first-order chi connectivity index (χ1) is 11.3. The second-order valence-electron chi connectivity index (χ2n) is 5.24. The molecule has 0 spiro atoms. The molecule has 1 aromatic carbocycles. The average Bonchev–Trinajstić information content (AvgIpc) is 2.58. The zero-order valence-corrected chi connectivity index (χ0v) is 13.0. The molecular weight excluding hydrogens is 321 g/mol. The summed E-state index contributed by atoms with van der Waals surface area (Å²) >= 11 is 0. The third-order valence-corrected chi connectivity index (χ3v) is 3.58. The number of amides is 1. The molecule has 4 nitrogen and oxygen atoms in total. The molecule has 1 unspecified atom stereocenters. The van der Waals surface area contributed by atoms with Gasteiger partial charge in [0.2, 0.25) is 0 Å². The van der Waals surface area contributed by atoms with Crippen LogP contribution in [0.3, 0.4) is 0 Å². The standard InChI is InChI=1S/C17H17F3N2O2/c1-2-11-9-21-7-6-14(11)16(24)22-10-15(23)12-4-3-5-13(8-12)17(18,19)20/h3-9,15,23H,2,10H2,1H3,(H,22,24). The number of aliphatic hydroxyl groups is 1. The van der Waals surface area contributed by atoms with E-state index in [1.807, 2.05) is 6.92 Å². The van der Waals surface area contributed by atoms with E-state index in [4.69, 9.17) is 0 Å². The summed E-state index contributed by atoms with van der Waals surface area (Å²) in [5.74, 6) is -0.403. The molecule has 0 fully saturated rings. The normalized spacial score (nSPS) is 12.7. The molecule has 128 valence electrons. The molecule has 1 amide bonds. The van der Waals surface area contributed by atoms with Crippen molar-refractivity contribution in [3.05, 3.63) is 65.0 Å². The first kappa shape index (κ1) is 17.9. The monoisotopic (exact) mass is 338 g/mol. The van der Waals surface area contributed by atoms with E-state index in [1.165, 1.54) is 18.3 Å². The molecule has 0 aliphatic heterocycles. The second-order valence-corrected chi connectivity index (χ2v) is 5.24. The van der Waals surface area contributed by atoms with E-state index in [2.05, 4.69) is 10.3 Å². The Bertz CT molecular complexity index is 717. The Balaban J connectivity index is 2.05. The van der Waals surface area contributed by atoms with Crippen LogP contribution in [0, 0.1) is 0 Å². The molecule has 7 heteroatoms. The summed E-state index contributed by atoms with van der Waals surface area (Å²) in [7, 11) is 0. The van der Waals surface area contributed by atoms with E-state index in [1.54, 1.807) is 12.3 Å². The molecule has 2 rings (SSSR count). The number of carbonyl (C=O) groups excluding carboxylic acids is 1. The molecule has 2 aromatic rings. The van der Waals surface area contributed by atoms with Crippen LogP contribution in [0.25, 0.3) is 0 Å². The fourth-order valence-corrected chi connectivity index (χ4v) is 2.26. The SMILES string of the molecule is CCc1cnccc1C(=O)NCC(O)c1cccc(C(F)(F)F)c1. The lowest BCUT2D eigenvalue weighted by atomic mass is 10.0. The van der Waals surface area contributed by atoms with Crippen LogP contribution in [0.1, 0.15) is 40.1 Å². The molecule has 0 radical (unpaired) electrons. The van der Waals surface area contributed by atoms with Crippen LogP contribution in [-0.4, -0.2) is 22.5 Å². The predicted octanol–water partition coefficient (Wildman–Crippen LogP) is 3.13. The van der Waals surface area contributed by atoms with Gasteiger partial charge in [-0.3, -0.25) is 9.78 Å². The van der Waals surface area contributed by atoms with Crippen LogP contribution in [0.4, 0.5) is 13.2 Å². The highest BCUT2D eigenvalue weighted by atomic mass is 19.4. The van der Waals surface area contributed by atoms with Crippen LogP contribution in [0.2, 0.25) is 0 Å². The number of aliphatic hydroxyl groups excluding tert-OH is 1. The van der Waals surface area contributed by atoms with Crippen molar-refractivity contribution < 1.29 is 23.1 Å². The maximum absolute atomic E-state index is 12.7. The number of halogens is 3.